The highest BCUT2D eigenvalue weighted by atomic mass is 79.9. The number of aryl methyl sites for hydroxylation is 1. The number of nitrogens with zero attached hydrogens (tertiary/aromatic N) is 3. The summed E-state index contributed by atoms with van der Waals surface area (Å²) < 4.78 is 7.76. The zero-order valence-electron chi connectivity index (χ0n) is 10.4. The Morgan fingerprint density at radius 3 is 3.00 bits per heavy atom. The Hall–Kier alpha value is -2.35. The van der Waals surface area contributed by atoms with Crippen LogP contribution in [0.3, 0.4) is 0 Å². The highest BCUT2D eigenvalue weighted by Crippen LogP contribution is 2.34. The van der Waals surface area contributed by atoms with Crippen LogP contribution in [0.1, 0.15) is 5.82 Å². The summed E-state index contributed by atoms with van der Waals surface area (Å²) in [4.78, 5) is 15.7. The van der Waals surface area contributed by atoms with Gasteiger partial charge in [0.05, 0.1) is 10.2 Å². The van der Waals surface area contributed by atoms with Crippen LogP contribution in [0.4, 0.5) is 5.69 Å². The molecular weight excluding hydrogens is 326 g/mol. The third kappa shape index (κ3) is 2.03. The molecule has 0 amide bonds. The molecule has 0 spiro atoms. The topological polar surface area (TPSA) is 98.3 Å². The van der Waals surface area contributed by atoms with Gasteiger partial charge >= 0.3 is 5.69 Å². The highest BCUT2D eigenvalue weighted by molar-refractivity contribution is 9.10. The zero-order chi connectivity index (χ0) is 14.3. The Balaban J connectivity index is 2.10. The average Bonchev–Trinajstić information content (AvgIpc) is 2.76. The van der Waals surface area contributed by atoms with Gasteiger partial charge in [0.15, 0.2) is 11.4 Å². The number of aromatic nitrogens is 4. The Morgan fingerprint density at radius 2 is 2.25 bits per heavy atom. The van der Waals surface area contributed by atoms with E-state index in [4.69, 9.17) is 10.5 Å². The van der Waals surface area contributed by atoms with E-state index in [9.17, 15) is 4.79 Å². The van der Waals surface area contributed by atoms with Gasteiger partial charge in [-0.15, -0.1) is 0 Å². The number of halogens is 1. The summed E-state index contributed by atoms with van der Waals surface area (Å²) in [6.45, 7) is 1.69. The molecule has 0 bridgehead atoms. The number of nitrogen functional groups attached to an aromatic ring is 1. The first kappa shape index (κ1) is 12.7. The van der Waals surface area contributed by atoms with Crippen molar-refractivity contribution in [2.45, 2.75) is 6.92 Å². The lowest BCUT2D eigenvalue weighted by molar-refractivity contribution is 0.459. The second-order valence-electron chi connectivity index (χ2n) is 4.12. The van der Waals surface area contributed by atoms with Crippen molar-refractivity contribution >= 4 is 27.3 Å². The van der Waals surface area contributed by atoms with Crippen molar-refractivity contribution in [2.24, 2.45) is 0 Å². The Morgan fingerprint density at radius 1 is 1.45 bits per heavy atom. The number of aromatic amines is 1. The van der Waals surface area contributed by atoms with E-state index in [-0.39, 0.29) is 5.69 Å². The van der Waals surface area contributed by atoms with Gasteiger partial charge in [0.25, 0.3) is 0 Å². The van der Waals surface area contributed by atoms with E-state index >= 15 is 0 Å². The number of nitrogens with one attached hydrogen (secondary N) is 1. The molecule has 2 heterocycles. The quantitative estimate of drug-likeness (QED) is 0.696. The van der Waals surface area contributed by atoms with Crippen LogP contribution >= 0.6 is 15.9 Å². The second-order valence-corrected chi connectivity index (χ2v) is 4.98. The van der Waals surface area contributed by atoms with Gasteiger partial charge in [-0.2, -0.15) is 10.1 Å². The number of benzene rings is 1. The number of ether oxygens (including phenoxy) is 1. The third-order valence-electron chi connectivity index (χ3n) is 2.75. The first-order chi connectivity index (χ1) is 9.56. The van der Waals surface area contributed by atoms with Crippen molar-refractivity contribution in [3.8, 4) is 11.6 Å². The molecular formula is C12H10BrN5O2. The van der Waals surface area contributed by atoms with Crippen LogP contribution in [-0.2, 0) is 0 Å². The third-order valence-corrected chi connectivity index (χ3v) is 3.37. The Labute approximate surface area is 121 Å². The van der Waals surface area contributed by atoms with Crippen molar-refractivity contribution < 1.29 is 4.74 Å². The highest BCUT2D eigenvalue weighted by Gasteiger charge is 2.11. The van der Waals surface area contributed by atoms with Gasteiger partial charge in [0, 0.05) is 6.07 Å². The van der Waals surface area contributed by atoms with Crippen LogP contribution in [0.15, 0.2) is 33.5 Å². The van der Waals surface area contributed by atoms with E-state index in [1.807, 2.05) is 6.07 Å². The molecule has 102 valence electrons. The largest absolute Gasteiger partial charge is 0.435 e. The van der Waals surface area contributed by atoms with Gasteiger partial charge in [-0.05, 0) is 35.0 Å². The van der Waals surface area contributed by atoms with E-state index in [0.717, 1.165) is 4.47 Å². The van der Waals surface area contributed by atoms with Crippen molar-refractivity contribution in [2.75, 3.05) is 5.73 Å². The summed E-state index contributed by atoms with van der Waals surface area (Å²) in [6.07, 6.45) is 0. The van der Waals surface area contributed by atoms with Gasteiger partial charge in [-0.1, -0.05) is 6.07 Å². The molecule has 0 saturated carbocycles. The molecule has 0 saturated heterocycles. The number of H-pyrrole nitrogens is 1. The van der Waals surface area contributed by atoms with Gasteiger partial charge in [0.2, 0.25) is 5.88 Å². The van der Waals surface area contributed by atoms with Crippen molar-refractivity contribution in [1.82, 2.24) is 19.6 Å². The fourth-order valence-corrected chi connectivity index (χ4v) is 2.32. The number of fused-ring (bicyclic) bond motifs is 1. The molecule has 3 aromatic rings. The van der Waals surface area contributed by atoms with Crippen molar-refractivity contribution in [3.05, 3.63) is 45.0 Å². The molecule has 2 aromatic heterocycles. The zero-order valence-corrected chi connectivity index (χ0v) is 12.0. The molecule has 1 aromatic carbocycles. The minimum atomic E-state index is -0.336. The minimum Gasteiger partial charge on any atom is -0.435 e. The van der Waals surface area contributed by atoms with E-state index in [2.05, 4.69) is 31.1 Å². The van der Waals surface area contributed by atoms with E-state index in [1.54, 1.807) is 25.1 Å². The summed E-state index contributed by atoms with van der Waals surface area (Å²) in [7, 11) is 0. The first-order valence-corrected chi connectivity index (χ1v) is 6.52. The van der Waals surface area contributed by atoms with Crippen molar-refractivity contribution in [1.29, 1.82) is 0 Å². The average molecular weight is 336 g/mol. The smallest absolute Gasteiger partial charge is 0.349 e. The standard InChI is InChI=1S/C12H10BrN5O2/c1-6-15-10(5-9-16-17-12(19)18(6)9)20-11-7(13)3-2-4-8(11)14/h2-5H,14H2,1H3,(H,17,19). The van der Waals surface area contributed by atoms with Gasteiger partial charge in [-0.3, -0.25) is 0 Å². The number of hydrogen-bond acceptors (Lipinski definition) is 5. The van der Waals surface area contributed by atoms with E-state index < -0.39 is 0 Å². The molecule has 0 fully saturated rings. The number of hydrogen-bond donors (Lipinski definition) is 2. The molecule has 3 rings (SSSR count). The molecule has 0 atom stereocenters. The number of para-hydroxylation sites is 1. The molecule has 20 heavy (non-hydrogen) atoms. The van der Waals surface area contributed by atoms with Gasteiger partial charge in [0.1, 0.15) is 5.82 Å². The maximum absolute atomic E-state index is 11.5. The first-order valence-electron chi connectivity index (χ1n) is 5.73. The Kier molecular flexibility index (Phi) is 2.94. The molecule has 3 N–H and O–H groups in total. The SMILES string of the molecule is Cc1nc(Oc2c(N)cccc2Br)cc2n[nH]c(=O)n12. The maximum atomic E-state index is 11.5. The molecule has 0 radical (unpaired) electrons. The molecule has 8 heteroatoms. The molecule has 7 nitrogen and oxygen atoms in total. The molecule has 0 aliphatic rings. The van der Waals surface area contributed by atoms with Crippen molar-refractivity contribution in [3.63, 3.8) is 0 Å². The molecule has 0 unspecified atom stereocenters. The van der Waals surface area contributed by atoms with Crippen LogP contribution < -0.4 is 16.2 Å². The number of nitrogens with two attached hydrogens (primary N) is 1. The summed E-state index contributed by atoms with van der Waals surface area (Å²) in [6, 6.07) is 6.91. The van der Waals surface area contributed by atoms with Crippen LogP contribution in [0, 0.1) is 6.92 Å². The molecule has 0 aliphatic heterocycles. The van der Waals surface area contributed by atoms with Crippen LogP contribution in [-0.4, -0.2) is 19.6 Å². The summed E-state index contributed by atoms with van der Waals surface area (Å²) >= 11 is 3.37. The number of anilines is 1. The van der Waals surface area contributed by atoms with Crippen LogP contribution in [0.5, 0.6) is 11.6 Å². The lowest BCUT2D eigenvalue weighted by Crippen LogP contribution is -2.13. The predicted molar refractivity (Wildman–Crippen MR) is 77.0 cm³/mol. The lowest BCUT2D eigenvalue weighted by Gasteiger charge is -2.10. The maximum Gasteiger partial charge on any atom is 0.349 e. The summed E-state index contributed by atoms with van der Waals surface area (Å²) in [5.74, 6) is 1.26. The van der Waals surface area contributed by atoms with E-state index in [1.165, 1.54) is 4.40 Å². The lowest BCUT2D eigenvalue weighted by atomic mass is 10.3. The predicted octanol–water partition coefficient (Wildman–Crippen LogP) is 1.86. The van der Waals surface area contributed by atoms with Gasteiger partial charge in [-0.25, -0.2) is 14.3 Å². The second kappa shape index (κ2) is 4.64. The fraction of sp³-hybridized carbons (Fsp3) is 0.0833. The molecule has 0 aliphatic carbocycles. The van der Waals surface area contributed by atoms with E-state index in [0.29, 0.717) is 28.8 Å². The fourth-order valence-electron chi connectivity index (χ4n) is 1.86. The minimum absolute atomic E-state index is 0.313. The number of rotatable bonds is 2. The summed E-state index contributed by atoms with van der Waals surface area (Å²) in [5.41, 5.74) is 6.45. The van der Waals surface area contributed by atoms with Crippen LogP contribution in [0.2, 0.25) is 0 Å². The normalized spacial score (nSPS) is 10.9. The van der Waals surface area contributed by atoms with Gasteiger partial charge < -0.3 is 10.5 Å². The summed E-state index contributed by atoms with van der Waals surface area (Å²) in [5, 5.41) is 6.25. The monoisotopic (exact) mass is 335 g/mol. The Bertz CT molecular complexity index is 834. The van der Waals surface area contributed by atoms with Crippen LogP contribution in [0.25, 0.3) is 5.65 Å².